The minimum absolute atomic E-state index is 0.0151. The van der Waals surface area contributed by atoms with E-state index in [0.717, 1.165) is 37.7 Å². The Bertz CT molecular complexity index is 704. The maximum Gasteiger partial charge on any atom is 0.167 e. The molecular formula is C21H22N2O. The summed E-state index contributed by atoms with van der Waals surface area (Å²) in [5, 5.41) is 20.2. The van der Waals surface area contributed by atoms with Crippen molar-refractivity contribution in [2.45, 2.75) is 44.4 Å². The number of hydrogen-bond acceptors (Lipinski definition) is 3. The average molecular weight is 318 g/mol. The molecule has 2 saturated carbocycles. The zero-order valence-electron chi connectivity index (χ0n) is 13.9. The number of nitrogens with zero attached hydrogens (tertiary/aromatic N) is 2. The van der Waals surface area contributed by atoms with Crippen LogP contribution in [-0.2, 0) is 4.79 Å². The molecule has 2 aliphatic rings. The minimum Gasteiger partial charge on any atom is -0.299 e. The highest BCUT2D eigenvalue weighted by Crippen LogP contribution is 2.63. The van der Waals surface area contributed by atoms with Crippen molar-refractivity contribution in [2.75, 3.05) is 0 Å². The molecular weight excluding hydrogens is 296 g/mol. The van der Waals surface area contributed by atoms with Crippen LogP contribution in [0.1, 0.15) is 50.0 Å². The van der Waals surface area contributed by atoms with Crippen LogP contribution in [0.25, 0.3) is 0 Å². The third-order valence-electron chi connectivity index (χ3n) is 6.15. The van der Waals surface area contributed by atoms with Gasteiger partial charge in [0.15, 0.2) is 5.41 Å². The van der Waals surface area contributed by atoms with Crippen molar-refractivity contribution in [3.8, 4) is 12.1 Å². The second-order valence-electron chi connectivity index (χ2n) is 7.03. The number of ketones is 1. The summed E-state index contributed by atoms with van der Waals surface area (Å²) in [6.07, 6.45) is 6.93. The second kappa shape index (κ2) is 6.25. The monoisotopic (exact) mass is 318 g/mol. The topological polar surface area (TPSA) is 64.7 Å². The molecule has 0 amide bonds. The summed E-state index contributed by atoms with van der Waals surface area (Å²) in [6, 6.07) is 14.1. The van der Waals surface area contributed by atoms with E-state index in [1.54, 1.807) is 6.08 Å². The summed E-state index contributed by atoms with van der Waals surface area (Å²) >= 11 is 0. The molecule has 24 heavy (non-hydrogen) atoms. The molecule has 0 spiro atoms. The van der Waals surface area contributed by atoms with E-state index in [0.29, 0.717) is 0 Å². The molecule has 0 bridgehead atoms. The number of benzene rings is 1. The Balaban J connectivity index is 2.18. The van der Waals surface area contributed by atoms with Gasteiger partial charge in [-0.3, -0.25) is 4.79 Å². The van der Waals surface area contributed by atoms with Gasteiger partial charge in [0.05, 0.1) is 17.6 Å². The summed E-state index contributed by atoms with van der Waals surface area (Å²) in [5.41, 5.74) is -1.51. The van der Waals surface area contributed by atoms with Gasteiger partial charge in [-0.1, -0.05) is 55.7 Å². The van der Waals surface area contributed by atoms with E-state index in [4.69, 9.17) is 0 Å². The summed E-state index contributed by atoms with van der Waals surface area (Å²) < 4.78 is 0. The van der Waals surface area contributed by atoms with E-state index in [9.17, 15) is 15.3 Å². The molecule has 2 fully saturated rings. The molecule has 2 aliphatic carbocycles. The van der Waals surface area contributed by atoms with Crippen LogP contribution in [0.5, 0.6) is 0 Å². The van der Waals surface area contributed by atoms with Crippen molar-refractivity contribution in [1.82, 2.24) is 0 Å². The molecule has 122 valence electrons. The van der Waals surface area contributed by atoms with Gasteiger partial charge in [0, 0.05) is 12.3 Å². The van der Waals surface area contributed by atoms with Gasteiger partial charge in [0.25, 0.3) is 0 Å². The number of rotatable bonds is 3. The number of Topliss-reactive ketones (excluding diaryl/α,β-unsaturated/α-hetero) is 1. The van der Waals surface area contributed by atoms with E-state index in [1.807, 2.05) is 30.3 Å². The first-order valence-corrected chi connectivity index (χ1v) is 8.70. The SMILES string of the molecule is C=C[C@]1(C2CCCCC2)C(=O)C[C@@H](c2ccccc2)C1(C#N)C#N. The fourth-order valence-electron chi connectivity index (χ4n) is 4.98. The Morgan fingerprint density at radius 1 is 1.08 bits per heavy atom. The number of carbonyl (C=O) groups excluding carboxylic acids is 1. The van der Waals surface area contributed by atoms with Gasteiger partial charge >= 0.3 is 0 Å². The lowest BCUT2D eigenvalue weighted by Gasteiger charge is -2.43. The van der Waals surface area contributed by atoms with Gasteiger partial charge in [-0.2, -0.15) is 10.5 Å². The number of carbonyl (C=O) groups is 1. The third kappa shape index (κ3) is 2.05. The first kappa shape index (κ1) is 16.5. The molecule has 0 saturated heterocycles. The molecule has 0 radical (unpaired) electrons. The lowest BCUT2D eigenvalue weighted by Crippen LogP contribution is -2.47. The maximum absolute atomic E-state index is 13.2. The van der Waals surface area contributed by atoms with Gasteiger partial charge in [0.2, 0.25) is 0 Å². The van der Waals surface area contributed by atoms with Crippen LogP contribution in [-0.4, -0.2) is 5.78 Å². The largest absolute Gasteiger partial charge is 0.299 e. The lowest BCUT2D eigenvalue weighted by molar-refractivity contribution is -0.128. The van der Waals surface area contributed by atoms with E-state index in [2.05, 4.69) is 18.7 Å². The van der Waals surface area contributed by atoms with Crippen molar-refractivity contribution >= 4 is 5.78 Å². The maximum atomic E-state index is 13.2. The van der Waals surface area contributed by atoms with Crippen molar-refractivity contribution in [2.24, 2.45) is 16.7 Å². The molecule has 1 aromatic rings. The minimum atomic E-state index is -1.37. The number of hydrogen-bond donors (Lipinski definition) is 0. The Hall–Kier alpha value is -2.39. The summed E-state index contributed by atoms with van der Waals surface area (Å²) in [5.74, 6) is -0.327. The fourth-order valence-corrected chi connectivity index (χ4v) is 4.98. The highest BCUT2D eigenvalue weighted by Gasteiger charge is 2.68. The molecule has 1 aromatic carbocycles. The first-order chi connectivity index (χ1) is 11.7. The number of nitriles is 2. The zero-order valence-corrected chi connectivity index (χ0v) is 13.9. The second-order valence-corrected chi connectivity index (χ2v) is 7.03. The summed E-state index contributed by atoms with van der Waals surface area (Å²) in [4.78, 5) is 13.2. The van der Waals surface area contributed by atoms with Crippen molar-refractivity contribution in [3.63, 3.8) is 0 Å². The summed E-state index contributed by atoms with van der Waals surface area (Å²) in [7, 11) is 0. The van der Waals surface area contributed by atoms with Gasteiger partial charge in [-0.15, -0.1) is 6.58 Å². The predicted molar refractivity (Wildman–Crippen MR) is 91.7 cm³/mol. The fraction of sp³-hybridized carbons (Fsp3) is 0.476. The quantitative estimate of drug-likeness (QED) is 0.769. The standard InChI is InChI=1S/C21H22N2O/c1-2-21(17-11-7-4-8-12-17)19(24)13-18(20(21,14-22)15-23)16-9-5-3-6-10-16/h2-3,5-6,9-10,17-18H,1,4,7-8,11-13H2/t18-,21-/m0/s1. The predicted octanol–water partition coefficient (Wildman–Crippen LogP) is 4.53. The van der Waals surface area contributed by atoms with Crippen molar-refractivity contribution < 1.29 is 4.79 Å². The van der Waals surface area contributed by atoms with Crippen LogP contribution in [0.15, 0.2) is 43.0 Å². The lowest BCUT2D eigenvalue weighted by atomic mass is 9.54. The van der Waals surface area contributed by atoms with E-state index < -0.39 is 10.8 Å². The summed E-state index contributed by atoms with van der Waals surface area (Å²) in [6.45, 7) is 3.94. The number of allylic oxidation sites excluding steroid dienone is 1. The third-order valence-corrected chi connectivity index (χ3v) is 6.15. The molecule has 3 rings (SSSR count). The highest BCUT2D eigenvalue weighted by atomic mass is 16.1. The Morgan fingerprint density at radius 2 is 1.71 bits per heavy atom. The molecule has 0 aromatic heterocycles. The van der Waals surface area contributed by atoms with Crippen LogP contribution in [0, 0.1) is 39.4 Å². The van der Waals surface area contributed by atoms with Gasteiger partial charge in [-0.05, 0) is 24.3 Å². The normalized spacial score (nSPS) is 29.6. The smallest absolute Gasteiger partial charge is 0.167 e. The Labute approximate surface area is 143 Å². The zero-order chi connectivity index (χ0) is 17.2. The van der Waals surface area contributed by atoms with E-state index in [-0.39, 0.29) is 24.0 Å². The van der Waals surface area contributed by atoms with E-state index >= 15 is 0 Å². The van der Waals surface area contributed by atoms with Gasteiger partial charge < -0.3 is 0 Å². The van der Waals surface area contributed by atoms with Gasteiger partial charge in [0.1, 0.15) is 5.78 Å². The van der Waals surface area contributed by atoms with Crippen LogP contribution in [0.3, 0.4) is 0 Å². The van der Waals surface area contributed by atoms with E-state index in [1.165, 1.54) is 0 Å². The molecule has 3 nitrogen and oxygen atoms in total. The molecule has 0 unspecified atom stereocenters. The Kier molecular flexibility index (Phi) is 4.29. The van der Waals surface area contributed by atoms with Crippen LogP contribution in [0.4, 0.5) is 0 Å². The van der Waals surface area contributed by atoms with Crippen molar-refractivity contribution in [3.05, 3.63) is 48.6 Å². The average Bonchev–Trinajstić information content (AvgIpc) is 2.92. The van der Waals surface area contributed by atoms with Gasteiger partial charge in [-0.25, -0.2) is 0 Å². The van der Waals surface area contributed by atoms with Crippen LogP contribution < -0.4 is 0 Å². The highest BCUT2D eigenvalue weighted by molar-refractivity contribution is 5.93. The molecule has 0 aliphatic heterocycles. The molecule has 2 atom stereocenters. The molecule has 0 heterocycles. The molecule has 0 N–H and O–H groups in total. The Morgan fingerprint density at radius 3 is 2.25 bits per heavy atom. The first-order valence-electron chi connectivity index (χ1n) is 8.70. The van der Waals surface area contributed by atoms with Crippen molar-refractivity contribution in [1.29, 1.82) is 10.5 Å². The molecule has 3 heteroatoms. The van der Waals surface area contributed by atoms with Crippen LogP contribution in [0.2, 0.25) is 0 Å². The van der Waals surface area contributed by atoms with Crippen LogP contribution >= 0.6 is 0 Å².